The van der Waals surface area contributed by atoms with E-state index in [9.17, 15) is 14.9 Å². The third kappa shape index (κ3) is 3.41. The van der Waals surface area contributed by atoms with Crippen LogP contribution in [0.1, 0.15) is 22.8 Å². The highest BCUT2D eigenvalue weighted by molar-refractivity contribution is 5.92. The Hall–Kier alpha value is -2.89. The molecule has 0 unspecified atom stereocenters. The molecule has 0 aliphatic rings. The third-order valence-corrected chi connectivity index (χ3v) is 3.15. The lowest BCUT2D eigenvalue weighted by Gasteiger charge is -2.06. The van der Waals surface area contributed by atoms with Gasteiger partial charge in [0, 0.05) is 6.07 Å². The first-order valence-electron chi connectivity index (χ1n) is 6.68. The summed E-state index contributed by atoms with van der Waals surface area (Å²) in [5.41, 5.74) is 0.935. The van der Waals surface area contributed by atoms with Gasteiger partial charge < -0.3 is 9.47 Å². The first-order chi connectivity index (χ1) is 10.5. The predicted molar refractivity (Wildman–Crippen MR) is 80.4 cm³/mol. The highest BCUT2D eigenvalue weighted by Gasteiger charge is 2.19. The second-order valence-electron chi connectivity index (χ2n) is 4.53. The number of carbonyl (C=O) groups is 1. The van der Waals surface area contributed by atoms with Crippen molar-refractivity contribution in [2.24, 2.45) is 0 Å². The minimum atomic E-state index is -0.657. The average molecular weight is 301 g/mol. The number of nitro groups is 1. The van der Waals surface area contributed by atoms with Crippen molar-refractivity contribution in [2.45, 2.75) is 13.3 Å². The van der Waals surface area contributed by atoms with Crippen molar-refractivity contribution in [1.29, 1.82) is 0 Å². The zero-order chi connectivity index (χ0) is 16.1. The minimum Gasteiger partial charge on any atom is -0.490 e. The van der Waals surface area contributed by atoms with Gasteiger partial charge in [-0.2, -0.15) is 0 Å². The Morgan fingerprint density at radius 2 is 1.86 bits per heavy atom. The Labute approximate surface area is 127 Å². The standard InChI is InChI=1S/C16H15NO5/c1-3-11-4-7-13(8-5-11)22-16(18)12-6-9-15(21-2)14(10-12)17(19)20/h4-10H,3H2,1-2H3. The number of methoxy groups -OCH3 is 1. The van der Waals surface area contributed by atoms with Gasteiger partial charge in [-0.3, -0.25) is 10.1 Å². The third-order valence-electron chi connectivity index (χ3n) is 3.15. The minimum absolute atomic E-state index is 0.0899. The van der Waals surface area contributed by atoms with Crippen LogP contribution in [0.15, 0.2) is 42.5 Å². The number of hydrogen-bond donors (Lipinski definition) is 0. The molecule has 6 heteroatoms. The molecule has 0 heterocycles. The van der Waals surface area contributed by atoms with Gasteiger partial charge in [-0.15, -0.1) is 0 Å². The van der Waals surface area contributed by atoms with Gasteiger partial charge in [0.15, 0.2) is 5.75 Å². The maximum atomic E-state index is 12.1. The van der Waals surface area contributed by atoms with Gasteiger partial charge in [-0.25, -0.2) is 4.79 Å². The number of esters is 1. The molecule has 0 radical (unpaired) electrons. The van der Waals surface area contributed by atoms with Crippen molar-refractivity contribution in [3.63, 3.8) is 0 Å². The second kappa shape index (κ2) is 6.71. The zero-order valence-electron chi connectivity index (χ0n) is 12.2. The molecule has 0 saturated heterocycles. The topological polar surface area (TPSA) is 78.7 Å². The summed E-state index contributed by atoms with van der Waals surface area (Å²) in [6.45, 7) is 2.03. The van der Waals surface area contributed by atoms with E-state index < -0.39 is 10.9 Å². The molecule has 0 aliphatic heterocycles. The molecule has 0 bridgehead atoms. The van der Waals surface area contributed by atoms with E-state index in [0.29, 0.717) is 5.75 Å². The van der Waals surface area contributed by atoms with Crippen LogP contribution in [0.2, 0.25) is 0 Å². The Kier molecular flexibility index (Phi) is 4.73. The van der Waals surface area contributed by atoms with Gasteiger partial charge in [0.05, 0.1) is 17.6 Å². The Morgan fingerprint density at radius 1 is 1.18 bits per heavy atom. The van der Waals surface area contributed by atoms with Crippen LogP contribution < -0.4 is 9.47 Å². The van der Waals surface area contributed by atoms with Crippen LogP contribution in [0.5, 0.6) is 11.5 Å². The maximum Gasteiger partial charge on any atom is 0.343 e. The van der Waals surface area contributed by atoms with Crippen molar-refractivity contribution < 1.29 is 19.2 Å². The molecule has 2 aromatic rings. The van der Waals surface area contributed by atoms with Gasteiger partial charge in [-0.1, -0.05) is 19.1 Å². The van der Waals surface area contributed by atoms with Crippen LogP contribution in [-0.2, 0) is 6.42 Å². The van der Waals surface area contributed by atoms with E-state index in [2.05, 4.69) is 0 Å². The average Bonchev–Trinajstić information content (AvgIpc) is 2.54. The lowest BCUT2D eigenvalue weighted by Crippen LogP contribution is -2.09. The molecule has 6 nitrogen and oxygen atoms in total. The van der Waals surface area contributed by atoms with E-state index >= 15 is 0 Å². The fourth-order valence-electron chi connectivity index (χ4n) is 1.92. The van der Waals surface area contributed by atoms with Crippen LogP contribution >= 0.6 is 0 Å². The number of aryl methyl sites for hydroxylation is 1. The molecule has 2 rings (SSSR count). The number of hydrogen-bond acceptors (Lipinski definition) is 5. The second-order valence-corrected chi connectivity index (χ2v) is 4.53. The van der Waals surface area contributed by atoms with E-state index in [4.69, 9.17) is 9.47 Å². The van der Waals surface area contributed by atoms with Crippen LogP contribution in [0.4, 0.5) is 5.69 Å². The predicted octanol–water partition coefficient (Wildman–Crippen LogP) is 3.39. The summed E-state index contributed by atoms with van der Waals surface area (Å²) in [4.78, 5) is 22.4. The molecule has 0 N–H and O–H groups in total. The summed E-state index contributed by atoms with van der Waals surface area (Å²) in [7, 11) is 1.33. The van der Waals surface area contributed by atoms with E-state index in [1.54, 1.807) is 12.1 Å². The molecule has 114 valence electrons. The van der Waals surface area contributed by atoms with Gasteiger partial charge in [-0.05, 0) is 36.2 Å². The molecule has 0 fully saturated rings. The summed E-state index contributed by atoms with van der Waals surface area (Å²) in [6.07, 6.45) is 0.888. The van der Waals surface area contributed by atoms with Crippen LogP contribution in [0.25, 0.3) is 0 Å². The Morgan fingerprint density at radius 3 is 2.41 bits per heavy atom. The Bertz CT molecular complexity index is 694. The van der Waals surface area contributed by atoms with E-state index in [1.165, 1.54) is 19.2 Å². The summed E-state index contributed by atoms with van der Waals surface area (Å²) in [6, 6.07) is 11.0. The van der Waals surface area contributed by atoms with Crippen molar-refractivity contribution in [2.75, 3.05) is 7.11 Å². The van der Waals surface area contributed by atoms with Gasteiger partial charge in [0.1, 0.15) is 5.75 Å². The molecular weight excluding hydrogens is 286 g/mol. The zero-order valence-corrected chi connectivity index (χ0v) is 12.2. The monoisotopic (exact) mass is 301 g/mol. The SMILES string of the molecule is CCc1ccc(OC(=O)c2ccc(OC)c([N+](=O)[O-])c2)cc1. The van der Waals surface area contributed by atoms with E-state index in [-0.39, 0.29) is 17.0 Å². The molecule has 0 saturated carbocycles. The highest BCUT2D eigenvalue weighted by atomic mass is 16.6. The van der Waals surface area contributed by atoms with Gasteiger partial charge in [0.25, 0.3) is 0 Å². The van der Waals surface area contributed by atoms with Gasteiger partial charge in [0.2, 0.25) is 0 Å². The van der Waals surface area contributed by atoms with Crippen molar-refractivity contribution >= 4 is 11.7 Å². The van der Waals surface area contributed by atoms with Crippen LogP contribution in [0.3, 0.4) is 0 Å². The molecule has 0 aromatic heterocycles. The van der Waals surface area contributed by atoms with E-state index in [0.717, 1.165) is 18.1 Å². The number of carbonyl (C=O) groups excluding carboxylic acids is 1. The molecule has 22 heavy (non-hydrogen) atoms. The van der Waals surface area contributed by atoms with Crippen molar-refractivity contribution in [3.05, 3.63) is 63.7 Å². The van der Waals surface area contributed by atoms with Crippen molar-refractivity contribution in [1.82, 2.24) is 0 Å². The lowest BCUT2D eigenvalue weighted by molar-refractivity contribution is -0.385. The van der Waals surface area contributed by atoms with Crippen molar-refractivity contribution in [3.8, 4) is 11.5 Å². The van der Waals surface area contributed by atoms with E-state index in [1.807, 2.05) is 19.1 Å². The normalized spacial score (nSPS) is 10.1. The number of rotatable bonds is 5. The fourth-order valence-corrected chi connectivity index (χ4v) is 1.92. The molecule has 0 amide bonds. The quantitative estimate of drug-likeness (QED) is 0.366. The maximum absolute atomic E-state index is 12.1. The number of ether oxygens (including phenoxy) is 2. The molecule has 0 aliphatic carbocycles. The number of nitrogens with zero attached hydrogens (tertiary/aromatic N) is 1. The first kappa shape index (κ1) is 15.5. The first-order valence-corrected chi connectivity index (χ1v) is 6.68. The summed E-state index contributed by atoms with van der Waals surface area (Å²) in [5.74, 6) is -0.176. The smallest absolute Gasteiger partial charge is 0.343 e. The molecular formula is C16H15NO5. The molecule has 0 spiro atoms. The molecule has 0 atom stereocenters. The summed E-state index contributed by atoms with van der Waals surface area (Å²) < 4.78 is 10.1. The van der Waals surface area contributed by atoms with Crippen LogP contribution in [-0.4, -0.2) is 18.0 Å². The lowest BCUT2D eigenvalue weighted by atomic mass is 10.1. The summed E-state index contributed by atoms with van der Waals surface area (Å²) >= 11 is 0. The largest absolute Gasteiger partial charge is 0.490 e. The molecule has 2 aromatic carbocycles. The number of nitro benzene ring substituents is 1. The van der Waals surface area contributed by atoms with Crippen LogP contribution in [0, 0.1) is 10.1 Å². The summed E-state index contributed by atoms with van der Waals surface area (Å²) in [5, 5.41) is 11.0. The fraction of sp³-hybridized carbons (Fsp3) is 0.188. The Balaban J connectivity index is 2.21. The highest BCUT2D eigenvalue weighted by Crippen LogP contribution is 2.28. The number of benzene rings is 2. The van der Waals surface area contributed by atoms with Gasteiger partial charge >= 0.3 is 11.7 Å².